The molecule has 96 valence electrons. The Bertz CT molecular complexity index is 593. The van der Waals surface area contributed by atoms with Crippen molar-refractivity contribution in [1.82, 2.24) is 0 Å². The number of nitrogens with zero attached hydrogens (tertiary/aromatic N) is 1. The molecule has 0 bridgehead atoms. The Kier molecular flexibility index (Phi) is 4.26. The van der Waals surface area contributed by atoms with E-state index in [4.69, 9.17) is 22.5 Å². The quantitative estimate of drug-likeness (QED) is 0.433. The molecule has 0 radical (unpaired) electrons. The highest BCUT2D eigenvalue weighted by Gasteiger charge is 2.01. The molecule has 0 unspecified atom stereocenters. The molecule has 2 rings (SSSR count). The van der Waals surface area contributed by atoms with E-state index in [-0.39, 0.29) is 5.84 Å². The van der Waals surface area contributed by atoms with Crippen LogP contribution in [0.1, 0.15) is 11.1 Å². The van der Waals surface area contributed by atoms with Crippen LogP contribution in [0.15, 0.2) is 53.6 Å². The maximum atomic E-state index is 7.42. The number of hydrogen-bond acceptors (Lipinski definition) is 3. The fourth-order valence-electron chi connectivity index (χ4n) is 1.65. The second-order valence-corrected chi connectivity index (χ2v) is 4.39. The predicted molar refractivity (Wildman–Crippen MR) is 77.2 cm³/mol. The molecular formula is C14H13ClN4. The van der Waals surface area contributed by atoms with E-state index in [1.807, 2.05) is 36.4 Å². The van der Waals surface area contributed by atoms with Crippen LogP contribution in [0.25, 0.3) is 0 Å². The normalized spacial score (nSPS) is 9.95. The van der Waals surface area contributed by atoms with Gasteiger partial charge in [-0.05, 0) is 35.9 Å². The van der Waals surface area contributed by atoms with Gasteiger partial charge in [0.15, 0.2) is 5.84 Å². The molecule has 0 fully saturated rings. The number of halogens is 1. The average molecular weight is 273 g/mol. The summed E-state index contributed by atoms with van der Waals surface area (Å²) in [6.45, 7) is 0.638. The topological polar surface area (TPSA) is 72.1 Å². The van der Waals surface area contributed by atoms with Crippen LogP contribution in [0.5, 0.6) is 0 Å². The molecule has 0 aliphatic rings. The van der Waals surface area contributed by atoms with Gasteiger partial charge in [-0.1, -0.05) is 29.8 Å². The van der Waals surface area contributed by atoms with Crippen LogP contribution in [0.2, 0.25) is 5.02 Å². The Morgan fingerprint density at radius 2 is 1.79 bits per heavy atom. The summed E-state index contributed by atoms with van der Waals surface area (Å²) in [7, 11) is 0. The highest BCUT2D eigenvalue weighted by atomic mass is 35.5. The van der Waals surface area contributed by atoms with Gasteiger partial charge in [-0.15, -0.1) is 5.11 Å². The summed E-state index contributed by atoms with van der Waals surface area (Å²) in [5.41, 5.74) is 9.37. The van der Waals surface area contributed by atoms with E-state index in [9.17, 15) is 0 Å². The van der Waals surface area contributed by atoms with Gasteiger partial charge in [-0.3, -0.25) is 5.41 Å². The summed E-state index contributed by atoms with van der Waals surface area (Å²) in [6.07, 6.45) is 0. The number of nitrogens with one attached hydrogen (secondary N) is 3. The molecule has 0 aliphatic carbocycles. The first kappa shape index (κ1) is 13.2. The predicted octanol–water partition coefficient (Wildman–Crippen LogP) is 4.31. The van der Waals surface area contributed by atoms with Gasteiger partial charge < -0.3 is 5.32 Å². The van der Waals surface area contributed by atoms with Crippen molar-refractivity contribution in [2.24, 2.45) is 5.11 Å². The maximum Gasteiger partial charge on any atom is 0.173 e. The molecule has 0 spiro atoms. The fraction of sp³-hybridized carbons (Fsp3) is 0.0714. The third-order valence-electron chi connectivity index (χ3n) is 2.71. The lowest BCUT2D eigenvalue weighted by atomic mass is 10.2. The Hall–Kier alpha value is -2.20. The monoisotopic (exact) mass is 272 g/mol. The van der Waals surface area contributed by atoms with Crippen molar-refractivity contribution in [2.75, 3.05) is 5.32 Å². The zero-order valence-corrected chi connectivity index (χ0v) is 10.9. The summed E-state index contributed by atoms with van der Waals surface area (Å²) in [4.78, 5) is 0. The lowest BCUT2D eigenvalue weighted by Gasteiger charge is -2.08. The van der Waals surface area contributed by atoms with Crippen LogP contribution < -0.4 is 5.32 Å². The van der Waals surface area contributed by atoms with E-state index in [1.165, 1.54) is 0 Å². The summed E-state index contributed by atoms with van der Waals surface area (Å²) < 4.78 is 0. The van der Waals surface area contributed by atoms with Crippen LogP contribution in [0, 0.1) is 10.9 Å². The van der Waals surface area contributed by atoms with Gasteiger partial charge in [0.05, 0.1) is 0 Å². The molecule has 2 aromatic rings. The average Bonchev–Trinajstić information content (AvgIpc) is 2.46. The van der Waals surface area contributed by atoms with Gasteiger partial charge >= 0.3 is 0 Å². The number of benzene rings is 2. The van der Waals surface area contributed by atoms with Crippen molar-refractivity contribution in [3.05, 3.63) is 64.7 Å². The lowest BCUT2D eigenvalue weighted by Crippen LogP contribution is -2.00. The van der Waals surface area contributed by atoms with E-state index in [1.54, 1.807) is 12.1 Å². The summed E-state index contributed by atoms with van der Waals surface area (Å²) in [5.74, 6) is -0.0438. The Morgan fingerprint density at radius 3 is 2.42 bits per heavy atom. The van der Waals surface area contributed by atoms with Crippen LogP contribution in [0.3, 0.4) is 0 Å². The molecule has 0 aliphatic heterocycles. The van der Waals surface area contributed by atoms with Gasteiger partial charge in [0.1, 0.15) is 0 Å². The Morgan fingerprint density at radius 1 is 1.11 bits per heavy atom. The maximum absolute atomic E-state index is 7.42. The first-order chi connectivity index (χ1) is 9.20. The largest absolute Gasteiger partial charge is 0.381 e. The number of amidine groups is 1. The number of hydrogen-bond donors (Lipinski definition) is 3. The van der Waals surface area contributed by atoms with Crippen LogP contribution in [-0.2, 0) is 6.54 Å². The first-order valence-corrected chi connectivity index (χ1v) is 6.12. The van der Waals surface area contributed by atoms with Crippen molar-refractivity contribution in [2.45, 2.75) is 6.54 Å². The van der Waals surface area contributed by atoms with E-state index in [0.717, 1.165) is 16.3 Å². The Labute approximate surface area is 116 Å². The van der Waals surface area contributed by atoms with Crippen molar-refractivity contribution >= 4 is 23.1 Å². The van der Waals surface area contributed by atoms with Gasteiger partial charge in [-0.2, -0.15) is 0 Å². The molecule has 19 heavy (non-hydrogen) atoms. The molecule has 5 heteroatoms. The minimum atomic E-state index is -0.0438. The van der Waals surface area contributed by atoms with Gasteiger partial charge in [-0.25, -0.2) is 5.53 Å². The van der Waals surface area contributed by atoms with Crippen LogP contribution in [-0.4, -0.2) is 5.84 Å². The van der Waals surface area contributed by atoms with Crippen LogP contribution in [0.4, 0.5) is 5.69 Å². The van der Waals surface area contributed by atoms with Gasteiger partial charge in [0.25, 0.3) is 0 Å². The van der Waals surface area contributed by atoms with Gasteiger partial charge in [0.2, 0.25) is 0 Å². The highest BCUT2D eigenvalue weighted by molar-refractivity contribution is 6.31. The second kappa shape index (κ2) is 6.11. The third kappa shape index (κ3) is 3.39. The smallest absolute Gasteiger partial charge is 0.173 e. The molecule has 0 saturated carbocycles. The molecular weight excluding hydrogens is 260 g/mol. The molecule has 0 heterocycles. The molecule has 0 atom stereocenters. The fourth-order valence-corrected chi connectivity index (χ4v) is 1.85. The molecule has 0 aromatic heterocycles. The van der Waals surface area contributed by atoms with E-state index >= 15 is 0 Å². The zero-order chi connectivity index (χ0) is 13.7. The van der Waals surface area contributed by atoms with Crippen molar-refractivity contribution in [3.8, 4) is 0 Å². The van der Waals surface area contributed by atoms with E-state index in [2.05, 4.69) is 10.4 Å². The number of anilines is 1. The standard InChI is InChI=1S/C14H13ClN4/c15-13-4-2-1-3-11(13)9-18-12-7-5-10(6-8-12)14(16)19-17/h1-8,16-18H,9H2. The van der Waals surface area contributed by atoms with Crippen molar-refractivity contribution < 1.29 is 0 Å². The SMILES string of the molecule is N=NC(=N)c1ccc(NCc2ccccc2Cl)cc1. The van der Waals surface area contributed by atoms with Gasteiger partial charge in [0, 0.05) is 22.8 Å². The number of rotatable bonds is 4. The summed E-state index contributed by atoms with van der Waals surface area (Å²) >= 11 is 6.07. The minimum absolute atomic E-state index is 0.0438. The second-order valence-electron chi connectivity index (χ2n) is 3.98. The highest BCUT2D eigenvalue weighted by Crippen LogP contribution is 2.17. The zero-order valence-electron chi connectivity index (χ0n) is 10.2. The Balaban J connectivity index is 2.03. The first-order valence-electron chi connectivity index (χ1n) is 5.74. The van der Waals surface area contributed by atoms with E-state index in [0.29, 0.717) is 12.1 Å². The van der Waals surface area contributed by atoms with Crippen LogP contribution >= 0.6 is 11.6 Å². The summed E-state index contributed by atoms with van der Waals surface area (Å²) in [6, 6.07) is 14.9. The van der Waals surface area contributed by atoms with Crippen molar-refractivity contribution in [3.63, 3.8) is 0 Å². The molecule has 2 aromatic carbocycles. The van der Waals surface area contributed by atoms with E-state index < -0.39 is 0 Å². The molecule has 4 nitrogen and oxygen atoms in total. The minimum Gasteiger partial charge on any atom is -0.381 e. The molecule has 0 amide bonds. The molecule has 3 N–H and O–H groups in total. The van der Waals surface area contributed by atoms with Crippen molar-refractivity contribution in [1.29, 1.82) is 10.9 Å². The lowest BCUT2D eigenvalue weighted by molar-refractivity contribution is 1.15. The summed E-state index contributed by atoms with van der Waals surface area (Å²) in [5, 5.41) is 14.5. The molecule has 0 saturated heterocycles. The third-order valence-corrected chi connectivity index (χ3v) is 3.08.